The van der Waals surface area contributed by atoms with Crippen molar-refractivity contribution >= 4 is 53.6 Å². The lowest BCUT2D eigenvalue weighted by Crippen LogP contribution is -1.97. The van der Waals surface area contributed by atoms with Gasteiger partial charge in [0, 0.05) is 43.9 Å². The van der Waals surface area contributed by atoms with E-state index in [1.54, 1.807) is 11.3 Å². The van der Waals surface area contributed by atoms with E-state index in [9.17, 15) is 0 Å². The molecule has 0 aliphatic heterocycles. The Labute approximate surface area is 257 Å². The minimum absolute atomic E-state index is 0.778. The lowest BCUT2D eigenvalue weighted by molar-refractivity contribution is 1.10. The Hall–Kier alpha value is -5.65. The highest BCUT2D eigenvalue weighted by molar-refractivity contribution is 7.26. The Morgan fingerprint density at radius 1 is 0.523 bits per heavy atom. The first-order chi connectivity index (χ1) is 21.8. The summed E-state index contributed by atoms with van der Waals surface area (Å²) in [5.74, 6) is 0.933. The Morgan fingerprint density at radius 2 is 1.18 bits per heavy atom. The van der Waals surface area contributed by atoms with E-state index in [0.717, 1.165) is 61.5 Å². The van der Waals surface area contributed by atoms with Crippen molar-refractivity contribution in [2.24, 2.45) is 0 Å². The maximum atomic E-state index is 5.06. The highest BCUT2D eigenvalue weighted by Gasteiger charge is 2.17. The molecule has 0 fully saturated rings. The van der Waals surface area contributed by atoms with E-state index in [1.807, 2.05) is 24.4 Å². The molecule has 44 heavy (non-hydrogen) atoms. The smallest absolute Gasteiger partial charge is 0.160 e. The molecule has 0 aliphatic rings. The fourth-order valence-electron chi connectivity index (χ4n) is 6.20. The summed E-state index contributed by atoms with van der Waals surface area (Å²) in [5.41, 5.74) is 9.41. The van der Waals surface area contributed by atoms with E-state index in [2.05, 4.69) is 131 Å². The van der Waals surface area contributed by atoms with Gasteiger partial charge in [0.2, 0.25) is 0 Å². The van der Waals surface area contributed by atoms with E-state index in [-0.39, 0.29) is 0 Å². The fourth-order valence-corrected chi connectivity index (χ4v) is 7.43. The average Bonchev–Trinajstić information content (AvgIpc) is 3.68. The van der Waals surface area contributed by atoms with Crippen LogP contribution in [0.3, 0.4) is 0 Å². The number of hydrogen-bond donors (Lipinski definition) is 0. The lowest BCUT2D eigenvalue weighted by Gasteiger charge is -2.11. The van der Waals surface area contributed by atoms with Gasteiger partial charge in [-0.15, -0.1) is 11.3 Å². The van der Waals surface area contributed by atoms with Crippen molar-refractivity contribution in [3.05, 3.63) is 146 Å². The number of benzene rings is 5. The topological polar surface area (TPSA) is 43.6 Å². The highest BCUT2D eigenvalue weighted by Crippen LogP contribution is 2.42. The summed E-state index contributed by atoms with van der Waals surface area (Å²) in [5, 5.41) is 3.59. The first kappa shape index (κ1) is 24.9. The van der Waals surface area contributed by atoms with Crippen LogP contribution in [0.1, 0.15) is 0 Å². The van der Waals surface area contributed by atoms with Gasteiger partial charge in [-0.1, -0.05) is 97.1 Å². The van der Waals surface area contributed by atoms with Crippen LogP contribution in [-0.4, -0.2) is 19.5 Å². The minimum Gasteiger partial charge on any atom is -0.292 e. The summed E-state index contributed by atoms with van der Waals surface area (Å²) in [6.07, 6.45) is 1.82. The summed E-state index contributed by atoms with van der Waals surface area (Å²) in [4.78, 5) is 14.7. The zero-order valence-electron chi connectivity index (χ0n) is 23.6. The van der Waals surface area contributed by atoms with E-state index in [0.29, 0.717) is 0 Å². The molecule has 206 valence electrons. The second-order valence-electron chi connectivity index (χ2n) is 10.9. The molecule has 0 atom stereocenters. The molecule has 0 spiro atoms. The third-order valence-corrected chi connectivity index (χ3v) is 9.47. The van der Waals surface area contributed by atoms with E-state index in [1.165, 1.54) is 20.2 Å². The lowest BCUT2D eigenvalue weighted by atomic mass is 10.00. The van der Waals surface area contributed by atoms with Crippen LogP contribution in [-0.2, 0) is 0 Å². The molecule has 4 nitrogen and oxygen atoms in total. The third-order valence-electron chi connectivity index (χ3n) is 8.29. The highest BCUT2D eigenvalue weighted by atomic mass is 32.1. The van der Waals surface area contributed by atoms with Crippen molar-refractivity contribution in [2.75, 3.05) is 0 Å². The Kier molecular flexibility index (Phi) is 5.64. The summed E-state index contributed by atoms with van der Waals surface area (Å²) < 4.78 is 4.70. The van der Waals surface area contributed by atoms with Gasteiger partial charge in [0.1, 0.15) is 5.82 Å². The zero-order chi connectivity index (χ0) is 29.0. The molecule has 5 aromatic carbocycles. The van der Waals surface area contributed by atoms with Crippen molar-refractivity contribution in [3.63, 3.8) is 0 Å². The summed E-state index contributed by atoms with van der Waals surface area (Å²) in [7, 11) is 0. The maximum absolute atomic E-state index is 5.06. The van der Waals surface area contributed by atoms with Crippen LogP contribution in [0.15, 0.2) is 146 Å². The molecule has 0 bridgehead atoms. The van der Waals surface area contributed by atoms with Gasteiger partial charge >= 0.3 is 0 Å². The number of para-hydroxylation sites is 3. The normalized spacial score (nSPS) is 11.6. The first-order valence-electron chi connectivity index (χ1n) is 14.6. The van der Waals surface area contributed by atoms with E-state index >= 15 is 0 Å². The molecule has 0 N–H and O–H groups in total. The van der Waals surface area contributed by atoms with E-state index < -0.39 is 0 Å². The van der Waals surface area contributed by atoms with Crippen LogP contribution in [0.5, 0.6) is 0 Å². The average molecular weight is 581 g/mol. The molecule has 9 aromatic rings. The van der Waals surface area contributed by atoms with Gasteiger partial charge in [-0.25, -0.2) is 15.0 Å². The second kappa shape index (κ2) is 9.97. The SMILES string of the molecule is c1ccc(-n2c(-c3ccc(-c4ccc(-c5nc6ncccc6c6c5sc5ccccc56)cc4)cc3)nc3ccccc32)cc1. The molecular weight excluding hydrogens is 557 g/mol. The van der Waals surface area contributed by atoms with Crippen LogP contribution in [0.25, 0.3) is 81.7 Å². The molecule has 0 saturated carbocycles. The predicted molar refractivity (Wildman–Crippen MR) is 183 cm³/mol. The van der Waals surface area contributed by atoms with Gasteiger partial charge in [0.05, 0.1) is 21.4 Å². The molecular formula is C39H24N4S. The van der Waals surface area contributed by atoms with Crippen LogP contribution >= 0.6 is 11.3 Å². The predicted octanol–water partition coefficient (Wildman–Crippen LogP) is 10.3. The molecule has 5 heteroatoms. The number of fused-ring (bicyclic) bond motifs is 6. The van der Waals surface area contributed by atoms with Crippen LogP contribution < -0.4 is 0 Å². The Bertz CT molecular complexity index is 2470. The number of nitrogens with zero attached hydrogens (tertiary/aromatic N) is 4. The molecule has 0 amide bonds. The Balaban J connectivity index is 1.11. The second-order valence-corrected chi connectivity index (χ2v) is 11.9. The number of pyridine rings is 2. The van der Waals surface area contributed by atoms with Gasteiger partial charge in [0.15, 0.2) is 5.65 Å². The standard InChI is InChI=1S/C39H24N4S/c1-2-9-29(10-3-1)43-33-14-6-5-13-32(33)41-39(43)28-22-18-26(19-23-28)25-16-20-27(21-17-25)36-37-35(30-11-4-7-15-34(30)44-37)31-12-8-24-40-38(31)42-36/h1-24H. The van der Waals surface area contributed by atoms with Crippen molar-refractivity contribution in [1.82, 2.24) is 19.5 Å². The third kappa shape index (κ3) is 3.94. The monoisotopic (exact) mass is 580 g/mol. The van der Waals surface area contributed by atoms with Crippen LogP contribution in [0, 0.1) is 0 Å². The van der Waals surface area contributed by atoms with Crippen molar-refractivity contribution in [2.45, 2.75) is 0 Å². The number of hydrogen-bond acceptors (Lipinski definition) is 4. The summed E-state index contributed by atoms with van der Waals surface area (Å²) in [6, 6.07) is 48.9. The minimum atomic E-state index is 0.778. The number of aromatic nitrogens is 4. The summed E-state index contributed by atoms with van der Waals surface area (Å²) in [6.45, 7) is 0. The summed E-state index contributed by atoms with van der Waals surface area (Å²) >= 11 is 1.80. The van der Waals surface area contributed by atoms with Crippen molar-refractivity contribution in [1.29, 1.82) is 0 Å². The van der Waals surface area contributed by atoms with E-state index in [4.69, 9.17) is 9.97 Å². The van der Waals surface area contributed by atoms with Crippen molar-refractivity contribution in [3.8, 4) is 39.5 Å². The molecule has 0 saturated heterocycles. The van der Waals surface area contributed by atoms with Crippen LogP contribution in [0.4, 0.5) is 0 Å². The Morgan fingerprint density at radius 3 is 2.00 bits per heavy atom. The maximum Gasteiger partial charge on any atom is 0.160 e. The largest absolute Gasteiger partial charge is 0.292 e. The molecule has 0 radical (unpaired) electrons. The number of thiophene rings is 1. The van der Waals surface area contributed by atoms with Crippen molar-refractivity contribution < 1.29 is 0 Å². The quantitative estimate of drug-likeness (QED) is 0.208. The molecule has 4 aromatic heterocycles. The van der Waals surface area contributed by atoms with Gasteiger partial charge in [-0.05, 0) is 53.6 Å². The molecule has 9 rings (SSSR count). The first-order valence-corrected chi connectivity index (χ1v) is 15.4. The number of rotatable bonds is 4. The van der Waals surface area contributed by atoms with Gasteiger partial charge in [-0.2, -0.15) is 0 Å². The van der Waals surface area contributed by atoms with Gasteiger partial charge in [0.25, 0.3) is 0 Å². The van der Waals surface area contributed by atoms with Gasteiger partial charge in [-0.3, -0.25) is 4.57 Å². The fraction of sp³-hybridized carbons (Fsp3) is 0. The molecule has 0 aliphatic carbocycles. The van der Waals surface area contributed by atoms with Crippen LogP contribution in [0.2, 0.25) is 0 Å². The number of imidazole rings is 1. The van der Waals surface area contributed by atoms with Gasteiger partial charge < -0.3 is 0 Å². The molecule has 0 unspecified atom stereocenters. The molecule has 4 heterocycles. The zero-order valence-corrected chi connectivity index (χ0v) is 24.4.